The molecule has 0 saturated heterocycles. The van der Waals surface area contributed by atoms with Crippen LogP contribution in [0.2, 0.25) is 0 Å². The average molecular weight is 252 g/mol. The van der Waals surface area contributed by atoms with E-state index in [4.69, 9.17) is 0 Å². The maximum Gasteiger partial charge on any atom is 0.238 e. The van der Waals surface area contributed by atoms with Gasteiger partial charge >= 0.3 is 0 Å². The van der Waals surface area contributed by atoms with E-state index in [2.05, 4.69) is 31.4 Å². The van der Waals surface area contributed by atoms with E-state index in [0.29, 0.717) is 17.6 Å². The Morgan fingerprint density at radius 3 is 2.67 bits per heavy atom. The molecule has 1 rings (SSSR count). The summed E-state index contributed by atoms with van der Waals surface area (Å²) < 4.78 is 12.9. The van der Waals surface area contributed by atoms with E-state index >= 15 is 0 Å². The van der Waals surface area contributed by atoms with Crippen LogP contribution in [0.3, 0.4) is 0 Å². The lowest BCUT2D eigenvalue weighted by molar-refractivity contribution is -0.115. The molecule has 0 spiro atoms. The predicted octanol–water partition coefficient (Wildman–Crippen LogP) is 2.79. The van der Waals surface area contributed by atoms with Crippen LogP contribution in [0.4, 0.5) is 10.1 Å². The Morgan fingerprint density at radius 2 is 2.11 bits per heavy atom. The van der Waals surface area contributed by atoms with Crippen LogP contribution in [0, 0.1) is 11.7 Å². The Morgan fingerprint density at radius 1 is 1.39 bits per heavy atom. The molecule has 0 heterocycles. The molecule has 100 valence electrons. The summed E-state index contributed by atoms with van der Waals surface area (Å²) in [6.07, 6.45) is 0.977. The van der Waals surface area contributed by atoms with Gasteiger partial charge in [0.05, 0.1) is 6.54 Å². The van der Waals surface area contributed by atoms with Gasteiger partial charge in [-0.1, -0.05) is 26.8 Å². The summed E-state index contributed by atoms with van der Waals surface area (Å²) in [6, 6.07) is 6.21. The minimum atomic E-state index is -0.352. The molecule has 1 unspecified atom stereocenters. The fraction of sp³-hybridized carbons (Fsp3) is 0.500. The van der Waals surface area contributed by atoms with Crippen LogP contribution in [0.25, 0.3) is 0 Å². The monoisotopic (exact) mass is 252 g/mol. The Balaban J connectivity index is 2.42. The minimum Gasteiger partial charge on any atom is -0.325 e. The number of rotatable bonds is 6. The van der Waals surface area contributed by atoms with Crippen LogP contribution in [-0.4, -0.2) is 18.5 Å². The lowest BCUT2D eigenvalue weighted by Crippen LogP contribution is -2.38. The van der Waals surface area contributed by atoms with Crippen molar-refractivity contribution in [3.63, 3.8) is 0 Å². The Bertz CT molecular complexity index is 393. The van der Waals surface area contributed by atoms with E-state index in [0.717, 1.165) is 6.42 Å². The van der Waals surface area contributed by atoms with Crippen LogP contribution in [0.5, 0.6) is 0 Å². The summed E-state index contributed by atoms with van der Waals surface area (Å²) in [5.41, 5.74) is 0.486. The van der Waals surface area contributed by atoms with Crippen LogP contribution >= 0.6 is 0 Å². The topological polar surface area (TPSA) is 41.1 Å². The summed E-state index contributed by atoms with van der Waals surface area (Å²) in [5, 5.41) is 5.86. The molecule has 0 bridgehead atoms. The van der Waals surface area contributed by atoms with Crippen molar-refractivity contribution in [2.45, 2.75) is 33.2 Å². The second-order valence-corrected chi connectivity index (χ2v) is 4.70. The Kier molecular flexibility index (Phi) is 5.78. The van der Waals surface area contributed by atoms with E-state index in [9.17, 15) is 9.18 Å². The summed E-state index contributed by atoms with van der Waals surface area (Å²) in [4.78, 5) is 11.7. The van der Waals surface area contributed by atoms with Gasteiger partial charge in [0, 0.05) is 11.7 Å². The molecule has 2 N–H and O–H groups in total. The number of hydrogen-bond acceptors (Lipinski definition) is 2. The van der Waals surface area contributed by atoms with Gasteiger partial charge in [-0.05, 0) is 30.5 Å². The second-order valence-electron chi connectivity index (χ2n) is 4.70. The number of anilines is 1. The molecule has 4 heteroatoms. The van der Waals surface area contributed by atoms with Crippen molar-refractivity contribution < 1.29 is 9.18 Å². The van der Waals surface area contributed by atoms with Crippen molar-refractivity contribution in [3.8, 4) is 0 Å². The fourth-order valence-electron chi connectivity index (χ4n) is 1.85. The normalized spacial score (nSPS) is 12.5. The molecule has 3 nitrogen and oxygen atoms in total. The van der Waals surface area contributed by atoms with Crippen molar-refractivity contribution in [1.29, 1.82) is 0 Å². The molecule has 1 aromatic rings. The van der Waals surface area contributed by atoms with Crippen LogP contribution in [0.15, 0.2) is 24.3 Å². The summed E-state index contributed by atoms with van der Waals surface area (Å²) in [7, 11) is 0. The SMILES string of the molecule is CCC(NCC(=O)Nc1cccc(F)c1)C(C)C. The van der Waals surface area contributed by atoms with Gasteiger partial charge in [-0.2, -0.15) is 0 Å². The molecular formula is C14H21FN2O. The summed E-state index contributed by atoms with van der Waals surface area (Å²) >= 11 is 0. The molecule has 18 heavy (non-hydrogen) atoms. The molecule has 1 aromatic carbocycles. The largest absolute Gasteiger partial charge is 0.325 e. The minimum absolute atomic E-state index is 0.153. The lowest BCUT2D eigenvalue weighted by atomic mass is 10.0. The summed E-state index contributed by atoms with van der Waals surface area (Å²) in [5.74, 6) is -0.0222. The summed E-state index contributed by atoms with van der Waals surface area (Å²) in [6.45, 7) is 6.56. The van der Waals surface area contributed by atoms with Gasteiger partial charge in [0.2, 0.25) is 5.91 Å². The van der Waals surface area contributed by atoms with Gasteiger partial charge < -0.3 is 10.6 Å². The van der Waals surface area contributed by atoms with Crippen molar-refractivity contribution >= 4 is 11.6 Å². The lowest BCUT2D eigenvalue weighted by Gasteiger charge is -2.20. The van der Waals surface area contributed by atoms with Gasteiger partial charge in [-0.3, -0.25) is 4.79 Å². The standard InChI is InChI=1S/C14H21FN2O/c1-4-13(10(2)3)16-9-14(18)17-12-7-5-6-11(15)8-12/h5-8,10,13,16H,4,9H2,1-3H3,(H,17,18). The fourth-order valence-corrected chi connectivity index (χ4v) is 1.85. The number of nitrogens with one attached hydrogen (secondary N) is 2. The van der Waals surface area contributed by atoms with Gasteiger partial charge in [-0.15, -0.1) is 0 Å². The van der Waals surface area contributed by atoms with E-state index in [1.54, 1.807) is 12.1 Å². The Hall–Kier alpha value is -1.42. The Labute approximate surface area is 108 Å². The van der Waals surface area contributed by atoms with Crippen LogP contribution in [-0.2, 0) is 4.79 Å². The zero-order valence-electron chi connectivity index (χ0n) is 11.2. The highest BCUT2D eigenvalue weighted by atomic mass is 19.1. The van der Waals surface area contributed by atoms with Crippen molar-refractivity contribution in [1.82, 2.24) is 5.32 Å². The first-order valence-electron chi connectivity index (χ1n) is 6.31. The zero-order valence-corrected chi connectivity index (χ0v) is 11.2. The third-order valence-electron chi connectivity index (χ3n) is 2.88. The number of halogens is 1. The van der Waals surface area contributed by atoms with E-state index in [1.165, 1.54) is 12.1 Å². The number of carbonyl (C=O) groups excluding carboxylic acids is 1. The average Bonchev–Trinajstić information content (AvgIpc) is 2.29. The molecule has 0 aliphatic rings. The van der Waals surface area contributed by atoms with Crippen molar-refractivity contribution in [3.05, 3.63) is 30.1 Å². The third kappa shape index (κ3) is 4.84. The first-order chi connectivity index (χ1) is 8.52. The molecule has 0 saturated carbocycles. The van der Waals surface area contributed by atoms with Gasteiger partial charge in [0.1, 0.15) is 5.82 Å². The first kappa shape index (κ1) is 14.6. The molecule has 0 aromatic heterocycles. The number of amides is 1. The molecule has 0 fully saturated rings. The van der Waals surface area contributed by atoms with Crippen LogP contribution in [0.1, 0.15) is 27.2 Å². The number of carbonyl (C=O) groups is 1. The molecule has 1 atom stereocenters. The van der Waals surface area contributed by atoms with E-state index in [1.807, 2.05) is 0 Å². The molecule has 0 radical (unpaired) electrons. The molecular weight excluding hydrogens is 231 g/mol. The third-order valence-corrected chi connectivity index (χ3v) is 2.88. The quantitative estimate of drug-likeness (QED) is 0.817. The molecule has 1 amide bonds. The predicted molar refractivity (Wildman–Crippen MR) is 71.9 cm³/mol. The number of hydrogen-bond donors (Lipinski definition) is 2. The highest BCUT2D eigenvalue weighted by molar-refractivity contribution is 5.92. The number of benzene rings is 1. The van der Waals surface area contributed by atoms with E-state index in [-0.39, 0.29) is 18.3 Å². The van der Waals surface area contributed by atoms with Gasteiger partial charge in [0.25, 0.3) is 0 Å². The maximum atomic E-state index is 12.9. The smallest absolute Gasteiger partial charge is 0.238 e. The van der Waals surface area contributed by atoms with Crippen molar-refractivity contribution in [2.75, 3.05) is 11.9 Å². The second kappa shape index (κ2) is 7.11. The first-order valence-corrected chi connectivity index (χ1v) is 6.31. The van der Waals surface area contributed by atoms with Gasteiger partial charge in [0.15, 0.2) is 0 Å². The molecule has 0 aliphatic heterocycles. The maximum absolute atomic E-state index is 12.9. The van der Waals surface area contributed by atoms with E-state index < -0.39 is 0 Å². The van der Waals surface area contributed by atoms with Crippen molar-refractivity contribution in [2.24, 2.45) is 5.92 Å². The molecule has 0 aliphatic carbocycles. The highest BCUT2D eigenvalue weighted by Crippen LogP contribution is 2.09. The van der Waals surface area contributed by atoms with Crippen LogP contribution < -0.4 is 10.6 Å². The van der Waals surface area contributed by atoms with Gasteiger partial charge in [-0.25, -0.2) is 4.39 Å². The zero-order chi connectivity index (χ0) is 13.5. The highest BCUT2D eigenvalue weighted by Gasteiger charge is 2.12.